The predicted molar refractivity (Wildman–Crippen MR) is 66.9 cm³/mol. The van der Waals surface area contributed by atoms with E-state index in [0.717, 1.165) is 12.5 Å². The van der Waals surface area contributed by atoms with Crippen LogP contribution in [0.15, 0.2) is 0 Å². The summed E-state index contributed by atoms with van der Waals surface area (Å²) in [6.45, 7) is 8.95. The minimum absolute atomic E-state index is 0.649. The molecule has 90 valence electrons. The Morgan fingerprint density at radius 3 is 2.33 bits per heavy atom. The Morgan fingerprint density at radius 1 is 1.27 bits per heavy atom. The molecule has 2 N–H and O–H groups in total. The standard InChI is InChI=1S/C13H28N2/c1-4-5-6-9-15(11(2)3)13(10-14)12-7-8-12/h11-13H,4-10,14H2,1-3H3. The van der Waals surface area contributed by atoms with E-state index in [1.54, 1.807) is 0 Å². The van der Waals surface area contributed by atoms with E-state index in [1.165, 1.54) is 38.6 Å². The van der Waals surface area contributed by atoms with Crippen LogP contribution in [0.1, 0.15) is 52.9 Å². The van der Waals surface area contributed by atoms with Gasteiger partial charge in [0.15, 0.2) is 0 Å². The van der Waals surface area contributed by atoms with Crippen LogP contribution in [-0.4, -0.2) is 30.1 Å². The van der Waals surface area contributed by atoms with E-state index in [0.29, 0.717) is 12.1 Å². The highest BCUT2D eigenvalue weighted by Crippen LogP contribution is 2.35. The fourth-order valence-corrected chi connectivity index (χ4v) is 2.43. The predicted octanol–water partition coefficient (Wildman–Crippen LogP) is 2.62. The highest BCUT2D eigenvalue weighted by Gasteiger charge is 2.34. The fraction of sp³-hybridized carbons (Fsp3) is 1.00. The molecule has 1 saturated carbocycles. The van der Waals surface area contributed by atoms with Gasteiger partial charge in [-0.05, 0) is 45.6 Å². The van der Waals surface area contributed by atoms with Crippen LogP contribution < -0.4 is 5.73 Å². The average molecular weight is 212 g/mol. The lowest BCUT2D eigenvalue weighted by Gasteiger charge is -2.34. The topological polar surface area (TPSA) is 29.3 Å². The highest BCUT2D eigenvalue weighted by molar-refractivity contribution is 4.90. The SMILES string of the molecule is CCCCCN(C(C)C)C(CN)C1CC1. The first-order chi connectivity index (χ1) is 7.20. The van der Waals surface area contributed by atoms with Gasteiger partial charge in [0.1, 0.15) is 0 Å². The molecule has 1 unspecified atom stereocenters. The molecule has 0 aliphatic heterocycles. The maximum absolute atomic E-state index is 5.91. The second kappa shape index (κ2) is 6.49. The molecule has 1 rings (SSSR count). The third-order valence-corrected chi connectivity index (χ3v) is 3.52. The average Bonchev–Trinajstić information content (AvgIpc) is 3.00. The third kappa shape index (κ3) is 4.12. The van der Waals surface area contributed by atoms with Gasteiger partial charge in [-0.1, -0.05) is 19.8 Å². The number of hydrogen-bond donors (Lipinski definition) is 1. The fourth-order valence-electron chi connectivity index (χ4n) is 2.43. The molecule has 1 atom stereocenters. The van der Waals surface area contributed by atoms with Crippen molar-refractivity contribution in [1.29, 1.82) is 0 Å². The van der Waals surface area contributed by atoms with Crippen LogP contribution in [-0.2, 0) is 0 Å². The van der Waals surface area contributed by atoms with Crippen molar-refractivity contribution in [1.82, 2.24) is 4.90 Å². The van der Waals surface area contributed by atoms with E-state index in [9.17, 15) is 0 Å². The monoisotopic (exact) mass is 212 g/mol. The normalized spacial score (nSPS) is 18.8. The van der Waals surface area contributed by atoms with E-state index in [2.05, 4.69) is 25.7 Å². The number of nitrogens with zero attached hydrogens (tertiary/aromatic N) is 1. The first-order valence-electron chi connectivity index (χ1n) is 6.66. The maximum atomic E-state index is 5.91. The van der Waals surface area contributed by atoms with Gasteiger partial charge in [-0.2, -0.15) is 0 Å². The summed E-state index contributed by atoms with van der Waals surface area (Å²) in [4.78, 5) is 2.63. The van der Waals surface area contributed by atoms with Crippen molar-refractivity contribution >= 4 is 0 Å². The van der Waals surface area contributed by atoms with Crippen molar-refractivity contribution < 1.29 is 0 Å². The zero-order chi connectivity index (χ0) is 11.3. The summed E-state index contributed by atoms with van der Waals surface area (Å²) in [6.07, 6.45) is 6.80. The number of unbranched alkanes of at least 4 members (excludes halogenated alkanes) is 2. The third-order valence-electron chi connectivity index (χ3n) is 3.52. The molecule has 1 fully saturated rings. The largest absolute Gasteiger partial charge is 0.329 e. The minimum atomic E-state index is 0.649. The van der Waals surface area contributed by atoms with Crippen LogP contribution in [0.25, 0.3) is 0 Å². The van der Waals surface area contributed by atoms with Gasteiger partial charge in [0, 0.05) is 18.6 Å². The van der Waals surface area contributed by atoms with Gasteiger partial charge >= 0.3 is 0 Å². The molecule has 0 radical (unpaired) electrons. The van der Waals surface area contributed by atoms with Gasteiger partial charge in [0.25, 0.3) is 0 Å². The lowest BCUT2D eigenvalue weighted by molar-refractivity contribution is 0.137. The smallest absolute Gasteiger partial charge is 0.0249 e. The molecule has 1 aliphatic carbocycles. The summed E-state index contributed by atoms with van der Waals surface area (Å²) >= 11 is 0. The van der Waals surface area contributed by atoms with Crippen molar-refractivity contribution in [3.8, 4) is 0 Å². The van der Waals surface area contributed by atoms with E-state index in [1.807, 2.05) is 0 Å². The first kappa shape index (κ1) is 13.0. The Kier molecular flexibility index (Phi) is 5.62. The number of nitrogens with two attached hydrogens (primary N) is 1. The highest BCUT2D eigenvalue weighted by atomic mass is 15.2. The zero-order valence-corrected chi connectivity index (χ0v) is 10.7. The molecule has 0 saturated heterocycles. The first-order valence-corrected chi connectivity index (χ1v) is 6.66. The minimum Gasteiger partial charge on any atom is -0.329 e. The van der Waals surface area contributed by atoms with Crippen molar-refractivity contribution in [3.05, 3.63) is 0 Å². The van der Waals surface area contributed by atoms with Crippen LogP contribution in [0.5, 0.6) is 0 Å². The van der Waals surface area contributed by atoms with Crippen molar-refractivity contribution in [3.63, 3.8) is 0 Å². The molecule has 0 heterocycles. The lowest BCUT2D eigenvalue weighted by atomic mass is 10.1. The van der Waals surface area contributed by atoms with E-state index in [4.69, 9.17) is 5.73 Å². The molecule has 0 spiro atoms. The van der Waals surface area contributed by atoms with Gasteiger partial charge in [-0.15, -0.1) is 0 Å². The van der Waals surface area contributed by atoms with Crippen molar-refractivity contribution in [2.24, 2.45) is 11.7 Å². The van der Waals surface area contributed by atoms with Crippen LogP contribution in [0.4, 0.5) is 0 Å². The Bertz CT molecular complexity index is 164. The number of rotatable bonds is 8. The molecular weight excluding hydrogens is 184 g/mol. The van der Waals surface area contributed by atoms with E-state index < -0.39 is 0 Å². The molecule has 2 nitrogen and oxygen atoms in total. The Balaban J connectivity index is 2.39. The van der Waals surface area contributed by atoms with Gasteiger partial charge in [0.05, 0.1) is 0 Å². The Morgan fingerprint density at radius 2 is 1.93 bits per heavy atom. The Labute approximate surface area is 95.2 Å². The van der Waals surface area contributed by atoms with E-state index in [-0.39, 0.29) is 0 Å². The summed E-state index contributed by atoms with van der Waals surface area (Å²) in [6, 6.07) is 1.30. The van der Waals surface area contributed by atoms with Gasteiger partial charge in [0.2, 0.25) is 0 Å². The van der Waals surface area contributed by atoms with Crippen molar-refractivity contribution in [2.45, 2.75) is 65.0 Å². The molecule has 15 heavy (non-hydrogen) atoms. The molecular formula is C13H28N2. The summed E-state index contributed by atoms with van der Waals surface area (Å²) in [5, 5.41) is 0. The van der Waals surface area contributed by atoms with Crippen LogP contribution in [0, 0.1) is 5.92 Å². The Hall–Kier alpha value is -0.0800. The molecule has 0 amide bonds. The molecule has 0 bridgehead atoms. The van der Waals surface area contributed by atoms with Gasteiger partial charge in [-0.25, -0.2) is 0 Å². The molecule has 0 aromatic heterocycles. The maximum Gasteiger partial charge on any atom is 0.0249 e. The molecule has 0 aromatic carbocycles. The lowest BCUT2D eigenvalue weighted by Crippen LogP contribution is -2.46. The van der Waals surface area contributed by atoms with Gasteiger partial charge in [-0.3, -0.25) is 4.90 Å². The summed E-state index contributed by atoms with van der Waals surface area (Å²) in [7, 11) is 0. The summed E-state index contributed by atoms with van der Waals surface area (Å²) in [5.41, 5.74) is 5.91. The van der Waals surface area contributed by atoms with Crippen LogP contribution >= 0.6 is 0 Å². The number of hydrogen-bond acceptors (Lipinski definition) is 2. The summed E-state index contributed by atoms with van der Waals surface area (Å²) in [5.74, 6) is 0.902. The molecule has 0 aromatic rings. The van der Waals surface area contributed by atoms with Crippen LogP contribution in [0.2, 0.25) is 0 Å². The quantitative estimate of drug-likeness (QED) is 0.627. The van der Waals surface area contributed by atoms with E-state index >= 15 is 0 Å². The van der Waals surface area contributed by atoms with Crippen molar-refractivity contribution in [2.75, 3.05) is 13.1 Å². The summed E-state index contributed by atoms with van der Waals surface area (Å²) < 4.78 is 0. The molecule has 2 heteroatoms. The zero-order valence-electron chi connectivity index (χ0n) is 10.7. The van der Waals surface area contributed by atoms with Crippen LogP contribution in [0.3, 0.4) is 0 Å². The molecule has 1 aliphatic rings. The second-order valence-corrected chi connectivity index (χ2v) is 5.18. The second-order valence-electron chi connectivity index (χ2n) is 5.18. The van der Waals surface area contributed by atoms with Gasteiger partial charge < -0.3 is 5.73 Å².